The molecule has 10 heteroatoms. The van der Waals surface area contributed by atoms with Crippen LogP contribution in [0.5, 0.6) is 0 Å². The first-order valence-electron chi connectivity index (χ1n) is 10.9. The van der Waals surface area contributed by atoms with Gasteiger partial charge in [-0.3, -0.25) is 0 Å². The van der Waals surface area contributed by atoms with Gasteiger partial charge in [-0.05, 0) is 37.6 Å². The zero-order valence-corrected chi connectivity index (χ0v) is 19.7. The molecule has 180 valence electrons. The molecule has 0 spiro atoms. The molecule has 6 nitrogen and oxygen atoms in total. The Bertz CT molecular complexity index is 1270. The summed E-state index contributed by atoms with van der Waals surface area (Å²) < 4.78 is 66.9. The van der Waals surface area contributed by atoms with E-state index < -0.39 is 21.8 Å². The first kappa shape index (κ1) is 24.2. The molecule has 1 aliphatic heterocycles. The third kappa shape index (κ3) is 5.07. The Hall–Kier alpha value is -2.98. The lowest BCUT2D eigenvalue weighted by Gasteiger charge is -2.36. The molecule has 3 aromatic rings. The number of rotatable bonds is 5. The molecule has 0 bridgehead atoms. The number of alkyl halides is 3. The molecule has 34 heavy (non-hydrogen) atoms. The fraction of sp³-hybridized carbons (Fsp3) is 0.333. The molecule has 4 rings (SSSR count). The highest BCUT2D eigenvalue weighted by atomic mass is 32.2. The number of sulfonamides is 1. The summed E-state index contributed by atoms with van der Waals surface area (Å²) in [7, 11) is -3.59. The number of aryl methyl sites for hydroxylation is 2. The van der Waals surface area contributed by atoms with Crippen LogP contribution in [0.4, 0.5) is 19.0 Å². The lowest BCUT2D eigenvalue weighted by atomic mass is 10.0. The summed E-state index contributed by atoms with van der Waals surface area (Å²) in [4.78, 5) is 11.3. The summed E-state index contributed by atoms with van der Waals surface area (Å²) in [6, 6.07) is 13.5. The molecule has 2 aromatic carbocycles. The van der Waals surface area contributed by atoms with Crippen LogP contribution in [0.25, 0.3) is 0 Å². The van der Waals surface area contributed by atoms with E-state index in [-0.39, 0.29) is 24.4 Å². The molecule has 2 heterocycles. The Morgan fingerprint density at radius 3 is 2.24 bits per heavy atom. The van der Waals surface area contributed by atoms with Gasteiger partial charge in [-0.25, -0.2) is 18.4 Å². The number of piperazine rings is 1. The quantitative estimate of drug-likeness (QED) is 0.536. The summed E-state index contributed by atoms with van der Waals surface area (Å²) in [5, 5.41) is 0. The molecule has 0 radical (unpaired) electrons. The van der Waals surface area contributed by atoms with E-state index in [4.69, 9.17) is 0 Å². The second-order valence-electron chi connectivity index (χ2n) is 8.24. The molecular formula is C24H25F3N4O2S. The average Bonchev–Trinajstić information content (AvgIpc) is 2.81. The van der Waals surface area contributed by atoms with E-state index in [2.05, 4.69) is 9.97 Å². The van der Waals surface area contributed by atoms with Crippen LogP contribution in [0.3, 0.4) is 0 Å². The molecule has 0 unspecified atom stereocenters. The van der Waals surface area contributed by atoms with Gasteiger partial charge in [0.1, 0.15) is 11.6 Å². The third-order valence-electron chi connectivity index (χ3n) is 5.86. The Kier molecular flexibility index (Phi) is 6.64. The zero-order chi connectivity index (χ0) is 24.5. The number of hydrogen-bond acceptors (Lipinski definition) is 5. The Labute approximate surface area is 197 Å². The van der Waals surface area contributed by atoms with Crippen LogP contribution in [0, 0.1) is 13.8 Å². The lowest BCUT2D eigenvalue weighted by Crippen LogP contribution is -2.49. The summed E-state index contributed by atoms with van der Waals surface area (Å²) >= 11 is 0. The van der Waals surface area contributed by atoms with Crippen LogP contribution in [-0.4, -0.2) is 48.9 Å². The van der Waals surface area contributed by atoms with Crippen molar-refractivity contribution in [2.45, 2.75) is 31.3 Å². The SMILES string of the molecule is Cc1nc(C)c(Cc2cccc(C(F)(F)F)c2)c(N2CCN(S(=O)(=O)c3ccccc3)CC2)n1. The summed E-state index contributed by atoms with van der Waals surface area (Å²) in [6.45, 7) is 4.97. The minimum atomic E-state index is -4.42. The Morgan fingerprint density at radius 1 is 0.912 bits per heavy atom. The number of nitrogens with zero attached hydrogens (tertiary/aromatic N) is 4. The van der Waals surface area contributed by atoms with Crippen LogP contribution < -0.4 is 4.90 Å². The van der Waals surface area contributed by atoms with E-state index in [0.717, 1.165) is 17.7 Å². The van der Waals surface area contributed by atoms with Crippen molar-refractivity contribution in [3.8, 4) is 0 Å². The molecule has 0 N–H and O–H groups in total. The second kappa shape index (κ2) is 9.34. The normalized spacial score (nSPS) is 15.5. The smallest absolute Gasteiger partial charge is 0.354 e. The molecule has 1 fully saturated rings. The van der Waals surface area contributed by atoms with E-state index in [1.54, 1.807) is 43.3 Å². The maximum Gasteiger partial charge on any atom is 0.416 e. The molecule has 0 saturated carbocycles. The molecule has 0 aliphatic carbocycles. The van der Waals surface area contributed by atoms with Crippen molar-refractivity contribution < 1.29 is 21.6 Å². The Morgan fingerprint density at radius 2 is 1.59 bits per heavy atom. The average molecular weight is 491 g/mol. The van der Waals surface area contributed by atoms with Crippen LogP contribution in [0.1, 0.15) is 28.2 Å². The molecule has 0 atom stereocenters. The molecular weight excluding hydrogens is 465 g/mol. The molecule has 1 aromatic heterocycles. The van der Waals surface area contributed by atoms with Crippen molar-refractivity contribution in [3.63, 3.8) is 0 Å². The summed E-state index contributed by atoms with van der Waals surface area (Å²) in [5.74, 6) is 1.19. The van der Waals surface area contributed by atoms with Crippen LogP contribution in [-0.2, 0) is 22.6 Å². The van der Waals surface area contributed by atoms with Gasteiger partial charge in [0.2, 0.25) is 10.0 Å². The van der Waals surface area contributed by atoms with E-state index in [9.17, 15) is 21.6 Å². The highest BCUT2D eigenvalue weighted by molar-refractivity contribution is 7.89. The number of benzene rings is 2. The topological polar surface area (TPSA) is 66.4 Å². The third-order valence-corrected chi connectivity index (χ3v) is 7.77. The first-order chi connectivity index (χ1) is 16.1. The number of aromatic nitrogens is 2. The van der Waals surface area contributed by atoms with Gasteiger partial charge in [0.05, 0.1) is 10.5 Å². The van der Waals surface area contributed by atoms with Gasteiger partial charge in [-0.1, -0.05) is 36.4 Å². The van der Waals surface area contributed by atoms with E-state index in [1.807, 2.05) is 11.8 Å². The number of anilines is 1. The van der Waals surface area contributed by atoms with E-state index in [1.165, 1.54) is 10.4 Å². The fourth-order valence-corrected chi connectivity index (χ4v) is 5.57. The van der Waals surface area contributed by atoms with Crippen molar-refractivity contribution in [2.24, 2.45) is 0 Å². The lowest BCUT2D eigenvalue weighted by molar-refractivity contribution is -0.137. The van der Waals surface area contributed by atoms with E-state index >= 15 is 0 Å². The van der Waals surface area contributed by atoms with Crippen molar-refractivity contribution in [2.75, 3.05) is 31.1 Å². The molecule has 1 saturated heterocycles. The minimum Gasteiger partial charge on any atom is -0.354 e. The van der Waals surface area contributed by atoms with Crippen LogP contribution in [0.2, 0.25) is 0 Å². The highest BCUT2D eigenvalue weighted by Gasteiger charge is 2.32. The summed E-state index contributed by atoms with van der Waals surface area (Å²) in [6.07, 6.45) is -4.17. The van der Waals surface area contributed by atoms with Crippen molar-refractivity contribution >= 4 is 15.8 Å². The van der Waals surface area contributed by atoms with E-state index in [0.29, 0.717) is 36.0 Å². The van der Waals surface area contributed by atoms with Gasteiger partial charge >= 0.3 is 6.18 Å². The maximum absolute atomic E-state index is 13.2. The number of halogens is 3. The predicted molar refractivity (Wildman–Crippen MR) is 123 cm³/mol. The largest absolute Gasteiger partial charge is 0.416 e. The van der Waals surface area contributed by atoms with Gasteiger partial charge in [0.15, 0.2) is 0 Å². The zero-order valence-electron chi connectivity index (χ0n) is 18.9. The standard InChI is InChI=1S/C24H25F3N4O2S/c1-17-22(16-19-7-6-8-20(15-19)24(25,26)27)23(29-18(2)28-17)30-11-13-31(14-12-30)34(32,33)21-9-4-3-5-10-21/h3-10,15H,11-14,16H2,1-2H3. The molecule has 1 aliphatic rings. The second-order valence-corrected chi connectivity index (χ2v) is 10.2. The highest BCUT2D eigenvalue weighted by Crippen LogP contribution is 2.31. The van der Waals surface area contributed by atoms with Crippen LogP contribution in [0.15, 0.2) is 59.5 Å². The first-order valence-corrected chi connectivity index (χ1v) is 12.3. The maximum atomic E-state index is 13.2. The molecule has 0 amide bonds. The van der Waals surface area contributed by atoms with Gasteiger partial charge in [0, 0.05) is 43.9 Å². The van der Waals surface area contributed by atoms with Gasteiger partial charge in [-0.2, -0.15) is 17.5 Å². The monoisotopic (exact) mass is 490 g/mol. The van der Waals surface area contributed by atoms with Crippen molar-refractivity contribution in [1.29, 1.82) is 0 Å². The van der Waals surface area contributed by atoms with Gasteiger partial charge in [0.25, 0.3) is 0 Å². The fourth-order valence-electron chi connectivity index (χ4n) is 4.13. The predicted octanol–water partition coefficient (Wildman–Crippen LogP) is 4.21. The Balaban J connectivity index is 1.58. The summed E-state index contributed by atoms with van der Waals surface area (Å²) in [5.41, 5.74) is 1.25. The number of hydrogen-bond donors (Lipinski definition) is 0. The minimum absolute atomic E-state index is 0.244. The van der Waals surface area contributed by atoms with Gasteiger partial charge in [-0.15, -0.1) is 0 Å². The van der Waals surface area contributed by atoms with Gasteiger partial charge < -0.3 is 4.90 Å². The van der Waals surface area contributed by atoms with Crippen molar-refractivity contribution in [3.05, 3.63) is 82.8 Å². The van der Waals surface area contributed by atoms with Crippen LogP contribution >= 0.6 is 0 Å². The van der Waals surface area contributed by atoms with Crippen molar-refractivity contribution in [1.82, 2.24) is 14.3 Å².